The van der Waals surface area contributed by atoms with Crippen LogP contribution in [-0.2, 0) is 6.54 Å². The summed E-state index contributed by atoms with van der Waals surface area (Å²) < 4.78 is 0. The molecule has 1 aromatic heterocycles. The second-order valence-corrected chi connectivity index (χ2v) is 4.45. The Kier molecular flexibility index (Phi) is 3.63. The van der Waals surface area contributed by atoms with Gasteiger partial charge in [0.1, 0.15) is 5.82 Å². The van der Waals surface area contributed by atoms with E-state index in [0.29, 0.717) is 5.82 Å². The Morgan fingerprint density at radius 2 is 2.00 bits per heavy atom. The highest BCUT2D eigenvalue weighted by molar-refractivity contribution is 5.22. The molecule has 1 aromatic rings. The van der Waals surface area contributed by atoms with Gasteiger partial charge in [-0.15, -0.1) is 0 Å². The van der Waals surface area contributed by atoms with Gasteiger partial charge in [-0.05, 0) is 27.3 Å². The van der Waals surface area contributed by atoms with Gasteiger partial charge in [0.05, 0.1) is 18.1 Å². The molecule has 0 atom stereocenters. The van der Waals surface area contributed by atoms with E-state index in [9.17, 15) is 0 Å². The van der Waals surface area contributed by atoms with E-state index < -0.39 is 0 Å². The van der Waals surface area contributed by atoms with Crippen molar-refractivity contribution in [3.05, 3.63) is 18.1 Å². The zero-order valence-corrected chi connectivity index (χ0v) is 9.99. The van der Waals surface area contributed by atoms with Gasteiger partial charge in [-0.1, -0.05) is 6.92 Å². The summed E-state index contributed by atoms with van der Waals surface area (Å²) in [6, 6.07) is 0. The summed E-state index contributed by atoms with van der Waals surface area (Å²) in [6.45, 7) is 7.43. The number of nitrogens with zero attached hydrogens (tertiary/aromatic N) is 3. The lowest BCUT2D eigenvalue weighted by Gasteiger charge is -2.34. The summed E-state index contributed by atoms with van der Waals surface area (Å²) in [4.78, 5) is 10.5. The first-order valence-electron chi connectivity index (χ1n) is 5.23. The zero-order valence-electron chi connectivity index (χ0n) is 9.99. The van der Waals surface area contributed by atoms with Gasteiger partial charge >= 0.3 is 0 Å². The molecule has 0 aliphatic carbocycles. The summed E-state index contributed by atoms with van der Waals surface area (Å²) in [5, 5.41) is 0. The predicted molar refractivity (Wildman–Crippen MR) is 62.3 cm³/mol. The molecule has 1 heterocycles. The molecular formula is C11H20N4. The minimum Gasteiger partial charge on any atom is -0.382 e. The maximum atomic E-state index is 5.48. The Morgan fingerprint density at radius 1 is 1.33 bits per heavy atom. The molecule has 0 fully saturated rings. The molecular weight excluding hydrogens is 188 g/mol. The fourth-order valence-electron chi connectivity index (χ4n) is 1.17. The molecule has 84 valence electrons. The largest absolute Gasteiger partial charge is 0.382 e. The van der Waals surface area contributed by atoms with E-state index >= 15 is 0 Å². The van der Waals surface area contributed by atoms with Gasteiger partial charge in [-0.25, -0.2) is 4.98 Å². The number of aromatic nitrogens is 2. The number of nitrogens with two attached hydrogens (primary N) is 1. The maximum absolute atomic E-state index is 5.48. The molecule has 2 N–H and O–H groups in total. The van der Waals surface area contributed by atoms with Gasteiger partial charge in [-0.2, -0.15) is 0 Å². The molecule has 0 aliphatic rings. The number of nitrogen functional groups attached to an aromatic ring is 1. The van der Waals surface area contributed by atoms with Crippen molar-refractivity contribution in [3.63, 3.8) is 0 Å². The van der Waals surface area contributed by atoms with Gasteiger partial charge in [0.2, 0.25) is 0 Å². The summed E-state index contributed by atoms with van der Waals surface area (Å²) in [7, 11) is 2.10. The van der Waals surface area contributed by atoms with Crippen LogP contribution in [0.15, 0.2) is 12.4 Å². The van der Waals surface area contributed by atoms with E-state index in [4.69, 9.17) is 5.73 Å². The molecule has 0 unspecified atom stereocenters. The topological polar surface area (TPSA) is 55.0 Å². The van der Waals surface area contributed by atoms with Crippen LogP contribution in [0.25, 0.3) is 0 Å². The average Bonchev–Trinajstić information content (AvgIpc) is 2.21. The summed E-state index contributed by atoms with van der Waals surface area (Å²) >= 11 is 0. The lowest BCUT2D eigenvalue weighted by atomic mass is 10.00. The first kappa shape index (κ1) is 11.9. The van der Waals surface area contributed by atoms with E-state index in [2.05, 4.69) is 42.7 Å². The van der Waals surface area contributed by atoms with E-state index in [0.717, 1.165) is 18.7 Å². The number of hydrogen-bond donors (Lipinski definition) is 1. The maximum Gasteiger partial charge on any atom is 0.141 e. The van der Waals surface area contributed by atoms with Gasteiger partial charge in [0, 0.05) is 12.1 Å². The van der Waals surface area contributed by atoms with Crippen molar-refractivity contribution in [2.75, 3.05) is 12.8 Å². The number of hydrogen-bond acceptors (Lipinski definition) is 4. The van der Waals surface area contributed by atoms with Crippen LogP contribution < -0.4 is 5.73 Å². The second kappa shape index (κ2) is 4.57. The van der Waals surface area contributed by atoms with Gasteiger partial charge in [0.25, 0.3) is 0 Å². The third kappa shape index (κ3) is 3.16. The molecule has 0 spiro atoms. The van der Waals surface area contributed by atoms with Crippen molar-refractivity contribution in [1.82, 2.24) is 14.9 Å². The molecule has 4 heteroatoms. The van der Waals surface area contributed by atoms with E-state index in [1.165, 1.54) is 0 Å². The summed E-state index contributed by atoms with van der Waals surface area (Å²) in [5.74, 6) is 0.469. The van der Waals surface area contributed by atoms with Crippen LogP contribution in [0.3, 0.4) is 0 Å². The molecule has 0 saturated heterocycles. The predicted octanol–water partition coefficient (Wildman–Crippen LogP) is 1.68. The van der Waals surface area contributed by atoms with E-state index in [1.807, 2.05) is 0 Å². The molecule has 0 saturated carbocycles. The molecule has 15 heavy (non-hydrogen) atoms. The fourth-order valence-corrected chi connectivity index (χ4v) is 1.17. The van der Waals surface area contributed by atoms with Crippen molar-refractivity contribution in [3.8, 4) is 0 Å². The fraction of sp³-hybridized carbons (Fsp3) is 0.636. The minimum absolute atomic E-state index is 0.184. The van der Waals surface area contributed by atoms with Gasteiger partial charge < -0.3 is 5.73 Å². The molecule has 1 rings (SSSR count). The molecule has 4 nitrogen and oxygen atoms in total. The van der Waals surface area contributed by atoms with Crippen LogP contribution in [0.5, 0.6) is 0 Å². The monoisotopic (exact) mass is 208 g/mol. The van der Waals surface area contributed by atoms with Gasteiger partial charge in [-0.3, -0.25) is 9.88 Å². The van der Waals surface area contributed by atoms with Crippen molar-refractivity contribution >= 4 is 5.82 Å². The highest BCUT2D eigenvalue weighted by Crippen LogP contribution is 2.18. The van der Waals surface area contributed by atoms with Crippen molar-refractivity contribution < 1.29 is 0 Å². The lowest BCUT2D eigenvalue weighted by Crippen LogP contribution is -2.40. The van der Waals surface area contributed by atoms with Crippen LogP contribution in [0.1, 0.15) is 32.9 Å². The van der Waals surface area contributed by atoms with Gasteiger partial charge in [0.15, 0.2) is 0 Å². The normalized spacial score (nSPS) is 12.1. The van der Waals surface area contributed by atoms with Crippen LogP contribution >= 0.6 is 0 Å². The Labute approximate surface area is 91.5 Å². The molecule has 0 bridgehead atoms. The van der Waals surface area contributed by atoms with E-state index in [1.54, 1.807) is 12.4 Å². The standard InChI is InChI=1S/C11H20N4/c1-5-11(2,3)15(4)8-9-6-14-10(12)7-13-9/h6-7H,5,8H2,1-4H3,(H2,12,14). The van der Waals surface area contributed by atoms with Crippen molar-refractivity contribution in [2.45, 2.75) is 39.3 Å². The average molecular weight is 208 g/mol. The van der Waals surface area contributed by atoms with Crippen LogP contribution in [0.4, 0.5) is 5.82 Å². The first-order chi connectivity index (χ1) is 6.95. The van der Waals surface area contributed by atoms with E-state index in [-0.39, 0.29) is 5.54 Å². The molecule has 0 radical (unpaired) electrons. The number of rotatable bonds is 4. The molecule has 0 aromatic carbocycles. The molecule has 0 aliphatic heterocycles. The Morgan fingerprint density at radius 3 is 2.47 bits per heavy atom. The second-order valence-electron chi connectivity index (χ2n) is 4.45. The van der Waals surface area contributed by atoms with Crippen molar-refractivity contribution in [2.24, 2.45) is 0 Å². The number of anilines is 1. The Hall–Kier alpha value is -1.16. The van der Waals surface area contributed by atoms with Crippen LogP contribution in [0.2, 0.25) is 0 Å². The molecule has 0 amide bonds. The summed E-state index contributed by atoms with van der Waals surface area (Å²) in [5.41, 5.74) is 6.62. The third-order valence-corrected chi connectivity index (χ3v) is 3.02. The first-order valence-corrected chi connectivity index (χ1v) is 5.23. The van der Waals surface area contributed by atoms with Crippen LogP contribution in [0, 0.1) is 0 Å². The highest BCUT2D eigenvalue weighted by atomic mass is 15.2. The summed E-state index contributed by atoms with van der Waals surface area (Å²) in [6.07, 6.45) is 4.44. The third-order valence-electron chi connectivity index (χ3n) is 3.02. The van der Waals surface area contributed by atoms with Crippen LogP contribution in [-0.4, -0.2) is 27.5 Å². The smallest absolute Gasteiger partial charge is 0.141 e. The quantitative estimate of drug-likeness (QED) is 0.818. The Balaban J connectivity index is 2.66. The SMILES string of the molecule is CCC(C)(C)N(C)Cc1cnc(N)cn1. The highest BCUT2D eigenvalue weighted by Gasteiger charge is 2.21. The zero-order chi connectivity index (χ0) is 11.5. The Bertz CT molecular complexity index is 305. The lowest BCUT2D eigenvalue weighted by molar-refractivity contribution is 0.141. The van der Waals surface area contributed by atoms with Crippen molar-refractivity contribution in [1.29, 1.82) is 0 Å². The minimum atomic E-state index is 0.184.